The molecule has 33 heavy (non-hydrogen) atoms. The Morgan fingerprint density at radius 2 is 1.79 bits per heavy atom. The number of nitrogens with zero attached hydrogens (tertiary/aromatic N) is 1. The van der Waals surface area contributed by atoms with Gasteiger partial charge in [0, 0.05) is 18.2 Å². The van der Waals surface area contributed by atoms with Crippen LogP contribution in [-0.4, -0.2) is 47.8 Å². The minimum atomic E-state index is -0.784. The number of hydrogen-bond donors (Lipinski definition) is 2. The van der Waals surface area contributed by atoms with Gasteiger partial charge in [0.1, 0.15) is 11.6 Å². The number of nitrogens with one attached hydrogen (secondary N) is 2. The topological polar surface area (TPSA) is 106 Å². The van der Waals surface area contributed by atoms with Crippen LogP contribution >= 0.6 is 0 Å². The maximum Gasteiger partial charge on any atom is 0.411 e. The van der Waals surface area contributed by atoms with Gasteiger partial charge in [-0.25, -0.2) is 4.79 Å². The van der Waals surface area contributed by atoms with Crippen LogP contribution in [0, 0.1) is 0 Å². The van der Waals surface area contributed by atoms with Crippen LogP contribution in [0.15, 0.2) is 42.5 Å². The third-order valence-electron chi connectivity index (χ3n) is 5.26. The summed E-state index contributed by atoms with van der Waals surface area (Å²) in [6.45, 7) is 5.48. The van der Waals surface area contributed by atoms with Crippen molar-refractivity contribution in [2.45, 2.75) is 45.4 Å². The first kappa shape index (κ1) is 22.4. The molecular formula is C24H27N3O6. The van der Waals surface area contributed by atoms with Crippen LogP contribution in [0.1, 0.15) is 31.9 Å². The predicted molar refractivity (Wildman–Crippen MR) is 120 cm³/mol. The van der Waals surface area contributed by atoms with Crippen molar-refractivity contribution >= 4 is 23.6 Å². The highest BCUT2D eigenvalue weighted by Gasteiger charge is 2.37. The molecule has 0 saturated carbocycles. The largest absolute Gasteiger partial charge is 0.454 e. The molecule has 2 aliphatic rings. The zero-order valence-corrected chi connectivity index (χ0v) is 18.8. The van der Waals surface area contributed by atoms with Crippen LogP contribution in [0.3, 0.4) is 0 Å². The maximum atomic E-state index is 13.0. The number of hydrogen-bond acceptors (Lipinski definition) is 6. The number of carbonyl (C=O) groups is 3. The van der Waals surface area contributed by atoms with Crippen molar-refractivity contribution in [2.24, 2.45) is 0 Å². The van der Waals surface area contributed by atoms with E-state index in [4.69, 9.17) is 14.2 Å². The van der Waals surface area contributed by atoms with Crippen LogP contribution < -0.4 is 20.1 Å². The Hall–Kier alpha value is -3.75. The van der Waals surface area contributed by atoms with Gasteiger partial charge in [-0.2, -0.15) is 0 Å². The quantitative estimate of drug-likeness (QED) is 0.738. The second-order valence-corrected chi connectivity index (χ2v) is 8.93. The zero-order valence-electron chi connectivity index (χ0n) is 18.8. The molecule has 2 heterocycles. The molecule has 0 saturated heterocycles. The molecule has 0 bridgehead atoms. The summed E-state index contributed by atoms with van der Waals surface area (Å²) in [5.74, 6) is 0.338. The number of benzene rings is 2. The summed E-state index contributed by atoms with van der Waals surface area (Å²) in [6.07, 6.45) is -0.229. The highest BCUT2D eigenvalue weighted by atomic mass is 16.7. The highest BCUT2D eigenvalue weighted by molar-refractivity contribution is 5.96. The van der Waals surface area contributed by atoms with E-state index in [1.165, 1.54) is 4.90 Å². The van der Waals surface area contributed by atoms with Crippen molar-refractivity contribution in [3.63, 3.8) is 0 Å². The molecule has 0 radical (unpaired) electrons. The maximum absolute atomic E-state index is 13.0. The van der Waals surface area contributed by atoms with Crippen molar-refractivity contribution in [1.82, 2.24) is 10.2 Å². The summed E-state index contributed by atoms with van der Waals surface area (Å²) in [6, 6.07) is 11.9. The third-order valence-corrected chi connectivity index (χ3v) is 5.26. The third kappa shape index (κ3) is 5.36. The van der Waals surface area contributed by atoms with Gasteiger partial charge in [-0.1, -0.05) is 24.3 Å². The van der Waals surface area contributed by atoms with Gasteiger partial charge in [0.15, 0.2) is 11.5 Å². The lowest BCUT2D eigenvalue weighted by Crippen LogP contribution is -2.54. The fourth-order valence-electron chi connectivity index (χ4n) is 3.73. The number of carbonyl (C=O) groups excluding carboxylic acids is 3. The number of amides is 3. The molecule has 2 aromatic carbocycles. The summed E-state index contributed by atoms with van der Waals surface area (Å²) in [5.41, 5.74) is 1.79. The summed E-state index contributed by atoms with van der Waals surface area (Å²) < 4.78 is 16.1. The molecule has 9 nitrogen and oxygen atoms in total. The van der Waals surface area contributed by atoms with E-state index >= 15 is 0 Å². The Balaban J connectivity index is 1.41. The van der Waals surface area contributed by atoms with Gasteiger partial charge < -0.3 is 24.8 Å². The van der Waals surface area contributed by atoms with Crippen LogP contribution in [0.4, 0.5) is 10.5 Å². The van der Waals surface area contributed by atoms with Gasteiger partial charge in [-0.15, -0.1) is 0 Å². The first-order valence-electron chi connectivity index (χ1n) is 10.7. The van der Waals surface area contributed by atoms with Gasteiger partial charge in [0.05, 0.1) is 13.1 Å². The SMILES string of the molecule is CC(C)(C)OC(=O)N1Cc2ccccc2CC1C(=O)NCC(=O)Nc1ccc2c(c1)OCO2. The molecule has 2 N–H and O–H groups in total. The summed E-state index contributed by atoms with van der Waals surface area (Å²) in [7, 11) is 0. The summed E-state index contributed by atoms with van der Waals surface area (Å²) >= 11 is 0. The normalized spacial score (nSPS) is 16.6. The standard InChI is InChI=1S/C24H27N3O6/c1-24(2,3)33-23(30)27-13-16-7-5-4-6-15(16)10-18(27)22(29)25-12-21(28)26-17-8-9-19-20(11-17)32-14-31-19/h4-9,11,18H,10,12-14H2,1-3H3,(H,25,29)(H,26,28). The average molecular weight is 453 g/mol. The molecular weight excluding hydrogens is 426 g/mol. The smallest absolute Gasteiger partial charge is 0.411 e. The van der Waals surface area contributed by atoms with Gasteiger partial charge in [-0.05, 0) is 44.0 Å². The molecule has 3 amide bonds. The van der Waals surface area contributed by atoms with Crippen molar-refractivity contribution < 1.29 is 28.6 Å². The van der Waals surface area contributed by atoms with Crippen LogP contribution in [0.5, 0.6) is 11.5 Å². The van der Waals surface area contributed by atoms with Gasteiger partial charge in [0.2, 0.25) is 18.6 Å². The van der Waals surface area contributed by atoms with E-state index in [1.807, 2.05) is 24.3 Å². The van der Waals surface area contributed by atoms with E-state index in [0.717, 1.165) is 11.1 Å². The highest BCUT2D eigenvalue weighted by Crippen LogP contribution is 2.34. The minimum Gasteiger partial charge on any atom is -0.454 e. The first-order valence-corrected chi connectivity index (χ1v) is 10.7. The van der Waals surface area contributed by atoms with Gasteiger partial charge in [0.25, 0.3) is 0 Å². The molecule has 9 heteroatoms. The minimum absolute atomic E-state index is 0.140. The van der Waals surface area contributed by atoms with Crippen molar-refractivity contribution in [2.75, 3.05) is 18.7 Å². The number of anilines is 1. The van der Waals surface area contributed by atoms with E-state index < -0.39 is 29.6 Å². The molecule has 174 valence electrons. The fourth-order valence-corrected chi connectivity index (χ4v) is 3.73. The average Bonchev–Trinajstić information content (AvgIpc) is 3.23. The number of fused-ring (bicyclic) bond motifs is 2. The van der Waals surface area contributed by atoms with Crippen LogP contribution in [0.25, 0.3) is 0 Å². The second-order valence-electron chi connectivity index (χ2n) is 8.93. The van der Waals surface area contributed by atoms with Crippen molar-refractivity contribution in [3.8, 4) is 11.5 Å². The monoisotopic (exact) mass is 453 g/mol. The molecule has 0 aliphatic carbocycles. The van der Waals surface area contributed by atoms with E-state index in [-0.39, 0.29) is 19.9 Å². The Morgan fingerprint density at radius 3 is 2.55 bits per heavy atom. The second kappa shape index (κ2) is 9.01. The zero-order chi connectivity index (χ0) is 23.6. The van der Waals surface area contributed by atoms with Gasteiger partial charge >= 0.3 is 6.09 Å². The Kier molecular flexibility index (Phi) is 6.13. The molecule has 0 aromatic heterocycles. The first-order chi connectivity index (χ1) is 15.7. The molecule has 2 aromatic rings. The molecule has 0 spiro atoms. The summed E-state index contributed by atoms with van der Waals surface area (Å²) in [5, 5.41) is 5.36. The molecule has 1 atom stereocenters. The lowest BCUT2D eigenvalue weighted by Gasteiger charge is -2.36. The van der Waals surface area contributed by atoms with E-state index in [9.17, 15) is 14.4 Å². The Labute approximate surface area is 192 Å². The molecule has 4 rings (SSSR count). The number of rotatable bonds is 4. The Morgan fingerprint density at radius 1 is 1.06 bits per heavy atom. The van der Waals surface area contributed by atoms with Crippen LogP contribution in [0.2, 0.25) is 0 Å². The van der Waals surface area contributed by atoms with Crippen molar-refractivity contribution in [3.05, 3.63) is 53.6 Å². The number of ether oxygens (including phenoxy) is 3. The van der Waals surface area contributed by atoms with E-state index in [0.29, 0.717) is 23.6 Å². The Bertz CT molecular complexity index is 1080. The molecule has 0 fully saturated rings. The summed E-state index contributed by atoms with van der Waals surface area (Å²) in [4.78, 5) is 39.7. The van der Waals surface area contributed by atoms with E-state index in [2.05, 4.69) is 10.6 Å². The lowest BCUT2D eigenvalue weighted by molar-refractivity contribution is -0.128. The van der Waals surface area contributed by atoms with Gasteiger partial charge in [-0.3, -0.25) is 14.5 Å². The van der Waals surface area contributed by atoms with Crippen LogP contribution in [-0.2, 0) is 27.3 Å². The van der Waals surface area contributed by atoms with E-state index in [1.54, 1.807) is 39.0 Å². The predicted octanol–water partition coefficient (Wildman–Crippen LogP) is 2.83. The van der Waals surface area contributed by atoms with Crippen molar-refractivity contribution in [1.29, 1.82) is 0 Å². The molecule has 1 unspecified atom stereocenters. The molecule has 2 aliphatic heterocycles. The lowest BCUT2D eigenvalue weighted by atomic mass is 9.94. The fraction of sp³-hybridized carbons (Fsp3) is 0.375.